The summed E-state index contributed by atoms with van der Waals surface area (Å²) in [4.78, 5) is 0. The molecule has 0 radical (unpaired) electrons. The van der Waals surface area contributed by atoms with Gasteiger partial charge < -0.3 is 10.1 Å². The van der Waals surface area contributed by atoms with E-state index in [4.69, 9.17) is 4.74 Å². The smallest absolute Gasteiger partial charge is 0.0721 e. The van der Waals surface area contributed by atoms with Crippen LogP contribution < -0.4 is 5.32 Å². The number of likely N-dealkylation sites (N-methyl/N-ethyl adjacent to an activating group) is 1. The van der Waals surface area contributed by atoms with E-state index in [1.54, 1.807) is 7.11 Å². The SMILES string of the molecule is CCC(C)CC(NC)C(CC)OC. The van der Waals surface area contributed by atoms with E-state index >= 15 is 0 Å². The molecular weight excluding hydrogens is 162 g/mol. The van der Waals surface area contributed by atoms with E-state index in [0.717, 1.165) is 12.3 Å². The minimum Gasteiger partial charge on any atom is -0.380 e. The fourth-order valence-corrected chi connectivity index (χ4v) is 1.67. The first kappa shape index (κ1) is 12.9. The normalized spacial score (nSPS) is 18.2. The Balaban J connectivity index is 3.98. The molecule has 0 aromatic heterocycles. The van der Waals surface area contributed by atoms with Crippen molar-refractivity contribution in [3.8, 4) is 0 Å². The van der Waals surface area contributed by atoms with Crippen molar-refractivity contribution >= 4 is 0 Å². The van der Waals surface area contributed by atoms with Crippen LogP contribution in [0.25, 0.3) is 0 Å². The highest BCUT2D eigenvalue weighted by Crippen LogP contribution is 2.15. The van der Waals surface area contributed by atoms with Gasteiger partial charge in [0, 0.05) is 13.2 Å². The standard InChI is InChI=1S/C11H25NO/c1-6-9(3)8-10(12-4)11(7-2)13-5/h9-12H,6-8H2,1-5H3. The predicted octanol–water partition coefficient (Wildman–Crippen LogP) is 2.44. The van der Waals surface area contributed by atoms with Crippen molar-refractivity contribution in [2.24, 2.45) is 5.92 Å². The maximum absolute atomic E-state index is 5.44. The first-order valence-electron chi connectivity index (χ1n) is 5.39. The van der Waals surface area contributed by atoms with Crippen molar-refractivity contribution in [1.82, 2.24) is 5.32 Å². The van der Waals surface area contributed by atoms with Crippen LogP contribution in [0, 0.1) is 5.92 Å². The largest absolute Gasteiger partial charge is 0.380 e. The predicted molar refractivity (Wildman–Crippen MR) is 58.0 cm³/mol. The molecule has 0 aromatic carbocycles. The molecule has 0 aliphatic heterocycles. The van der Waals surface area contributed by atoms with Crippen molar-refractivity contribution in [2.75, 3.05) is 14.2 Å². The van der Waals surface area contributed by atoms with Crippen molar-refractivity contribution < 1.29 is 4.74 Å². The summed E-state index contributed by atoms with van der Waals surface area (Å²) < 4.78 is 5.44. The van der Waals surface area contributed by atoms with Crippen LogP contribution >= 0.6 is 0 Å². The van der Waals surface area contributed by atoms with E-state index in [1.807, 2.05) is 7.05 Å². The molecule has 2 nitrogen and oxygen atoms in total. The van der Waals surface area contributed by atoms with Crippen LogP contribution in [0.15, 0.2) is 0 Å². The first-order valence-corrected chi connectivity index (χ1v) is 5.39. The lowest BCUT2D eigenvalue weighted by atomic mass is 9.95. The van der Waals surface area contributed by atoms with E-state index in [1.165, 1.54) is 12.8 Å². The van der Waals surface area contributed by atoms with Gasteiger partial charge in [-0.15, -0.1) is 0 Å². The maximum Gasteiger partial charge on any atom is 0.0721 e. The van der Waals surface area contributed by atoms with Gasteiger partial charge in [-0.3, -0.25) is 0 Å². The van der Waals surface area contributed by atoms with Gasteiger partial charge in [0.1, 0.15) is 0 Å². The average molecular weight is 187 g/mol. The van der Waals surface area contributed by atoms with E-state index in [2.05, 4.69) is 26.1 Å². The molecule has 0 saturated carbocycles. The van der Waals surface area contributed by atoms with Crippen LogP contribution in [0.1, 0.15) is 40.0 Å². The van der Waals surface area contributed by atoms with Crippen molar-refractivity contribution in [3.05, 3.63) is 0 Å². The van der Waals surface area contributed by atoms with Gasteiger partial charge in [0.15, 0.2) is 0 Å². The first-order chi connectivity index (χ1) is 6.19. The Labute approximate surface area is 83.1 Å². The molecule has 0 spiro atoms. The summed E-state index contributed by atoms with van der Waals surface area (Å²) in [6, 6.07) is 0.505. The van der Waals surface area contributed by atoms with Gasteiger partial charge in [0.25, 0.3) is 0 Å². The molecule has 80 valence electrons. The quantitative estimate of drug-likeness (QED) is 0.661. The van der Waals surface area contributed by atoms with Crippen molar-refractivity contribution in [1.29, 1.82) is 0 Å². The Morgan fingerprint density at radius 1 is 1.23 bits per heavy atom. The van der Waals surface area contributed by atoms with Gasteiger partial charge in [-0.25, -0.2) is 0 Å². The second-order valence-electron chi connectivity index (χ2n) is 3.83. The summed E-state index contributed by atoms with van der Waals surface area (Å²) >= 11 is 0. The van der Waals surface area contributed by atoms with Gasteiger partial charge in [-0.05, 0) is 25.8 Å². The molecule has 0 aliphatic carbocycles. The Morgan fingerprint density at radius 2 is 1.85 bits per heavy atom. The number of rotatable bonds is 7. The minimum atomic E-state index is 0.360. The fourth-order valence-electron chi connectivity index (χ4n) is 1.67. The molecule has 1 N–H and O–H groups in total. The van der Waals surface area contributed by atoms with Crippen molar-refractivity contribution in [2.45, 2.75) is 52.2 Å². The topological polar surface area (TPSA) is 21.3 Å². The second kappa shape index (κ2) is 7.34. The number of methoxy groups -OCH3 is 1. The van der Waals surface area contributed by atoms with Crippen LogP contribution in [-0.2, 0) is 4.74 Å². The van der Waals surface area contributed by atoms with Gasteiger partial charge in [0.05, 0.1) is 6.10 Å². The van der Waals surface area contributed by atoms with Crippen LogP contribution in [0.2, 0.25) is 0 Å². The molecule has 0 bridgehead atoms. The number of hydrogen-bond donors (Lipinski definition) is 1. The van der Waals surface area contributed by atoms with Gasteiger partial charge >= 0.3 is 0 Å². The Hall–Kier alpha value is -0.0800. The third-order valence-corrected chi connectivity index (χ3v) is 2.88. The third-order valence-electron chi connectivity index (χ3n) is 2.88. The van der Waals surface area contributed by atoms with Crippen LogP contribution in [0.5, 0.6) is 0 Å². The summed E-state index contributed by atoms with van der Waals surface area (Å²) in [6.07, 6.45) is 3.90. The van der Waals surface area contributed by atoms with E-state index in [0.29, 0.717) is 12.1 Å². The molecule has 0 rings (SSSR count). The van der Waals surface area contributed by atoms with Crippen LogP contribution in [0.4, 0.5) is 0 Å². The highest BCUT2D eigenvalue weighted by Gasteiger charge is 2.19. The van der Waals surface area contributed by atoms with Gasteiger partial charge in [-0.1, -0.05) is 27.2 Å². The molecule has 13 heavy (non-hydrogen) atoms. The molecule has 0 aromatic rings. The lowest BCUT2D eigenvalue weighted by Gasteiger charge is -2.26. The Kier molecular flexibility index (Phi) is 7.29. The van der Waals surface area contributed by atoms with Crippen LogP contribution in [-0.4, -0.2) is 26.3 Å². The summed E-state index contributed by atoms with van der Waals surface area (Å²) in [5.74, 6) is 0.779. The monoisotopic (exact) mass is 187 g/mol. The molecule has 0 fully saturated rings. The number of nitrogens with one attached hydrogen (secondary N) is 1. The molecule has 2 heteroatoms. The highest BCUT2D eigenvalue weighted by atomic mass is 16.5. The summed E-state index contributed by atoms with van der Waals surface area (Å²) in [6.45, 7) is 6.72. The lowest BCUT2D eigenvalue weighted by Crippen LogP contribution is -2.39. The van der Waals surface area contributed by atoms with E-state index in [9.17, 15) is 0 Å². The molecular formula is C11H25NO. The number of hydrogen-bond acceptors (Lipinski definition) is 2. The number of ether oxygens (including phenoxy) is 1. The van der Waals surface area contributed by atoms with E-state index in [-0.39, 0.29) is 0 Å². The third kappa shape index (κ3) is 4.63. The Bertz CT molecular complexity index is 113. The Morgan fingerprint density at radius 3 is 2.15 bits per heavy atom. The summed E-state index contributed by atoms with van der Waals surface area (Å²) in [5.41, 5.74) is 0. The van der Waals surface area contributed by atoms with Gasteiger partial charge in [0.2, 0.25) is 0 Å². The molecule has 0 aliphatic rings. The van der Waals surface area contributed by atoms with Gasteiger partial charge in [-0.2, -0.15) is 0 Å². The molecule has 3 unspecified atom stereocenters. The molecule has 0 amide bonds. The van der Waals surface area contributed by atoms with Crippen molar-refractivity contribution in [3.63, 3.8) is 0 Å². The van der Waals surface area contributed by atoms with Crippen LogP contribution in [0.3, 0.4) is 0 Å². The molecule has 0 saturated heterocycles. The zero-order valence-electron chi connectivity index (χ0n) is 9.76. The summed E-state index contributed by atoms with van der Waals surface area (Å²) in [5, 5.41) is 3.34. The zero-order valence-corrected chi connectivity index (χ0v) is 9.76. The highest BCUT2D eigenvalue weighted by molar-refractivity contribution is 4.76. The molecule has 3 atom stereocenters. The summed E-state index contributed by atoms with van der Waals surface area (Å²) in [7, 11) is 3.82. The second-order valence-corrected chi connectivity index (χ2v) is 3.83. The average Bonchev–Trinajstić information content (AvgIpc) is 2.17. The zero-order chi connectivity index (χ0) is 10.3. The van der Waals surface area contributed by atoms with E-state index < -0.39 is 0 Å². The molecule has 0 heterocycles. The maximum atomic E-state index is 5.44. The lowest BCUT2D eigenvalue weighted by molar-refractivity contribution is 0.0600. The minimum absolute atomic E-state index is 0.360. The fraction of sp³-hybridized carbons (Fsp3) is 1.00.